The molecule has 0 bridgehead atoms. The molecule has 2 atom stereocenters. The Morgan fingerprint density at radius 3 is 2.41 bits per heavy atom. The summed E-state index contributed by atoms with van der Waals surface area (Å²) in [5.74, 6) is 0.750. The van der Waals surface area contributed by atoms with E-state index in [0.717, 1.165) is 33.5 Å². The highest BCUT2D eigenvalue weighted by Crippen LogP contribution is 2.47. The Hall–Kier alpha value is -2.43. The largest absolute Gasteiger partial charge is 0.373 e. The maximum atomic E-state index is 12.0. The minimum absolute atomic E-state index is 0.0551. The minimum Gasteiger partial charge on any atom is -0.373 e. The van der Waals surface area contributed by atoms with Crippen LogP contribution in [0.1, 0.15) is 28.3 Å². The number of amidine groups is 1. The minimum atomic E-state index is -1.22. The molecule has 3 aromatic carbocycles. The third-order valence-electron chi connectivity index (χ3n) is 5.53. The fourth-order valence-corrected chi connectivity index (χ4v) is 4.62. The first-order valence-corrected chi connectivity index (χ1v) is 9.93. The molecular formula is C23H19BrN2O. The highest BCUT2D eigenvalue weighted by Gasteiger charge is 2.50. The first kappa shape index (κ1) is 16.7. The first-order chi connectivity index (χ1) is 13.2. The van der Waals surface area contributed by atoms with E-state index < -0.39 is 5.60 Å². The van der Waals surface area contributed by atoms with Crippen LogP contribution in [0.5, 0.6) is 0 Å². The maximum absolute atomic E-state index is 12.0. The summed E-state index contributed by atoms with van der Waals surface area (Å²) < 4.78 is 1.06. The number of aliphatic imine (C=N–C) groups is 1. The summed E-state index contributed by atoms with van der Waals surface area (Å²) >= 11 is 3.53. The van der Waals surface area contributed by atoms with Crippen LogP contribution in [0.15, 0.2) is 88.3 Å². The number of hydrogen-bond donors (Lipinski definition) is 1. The van der Waals surface area contributed by atoms with Crippen LogP contribution in [0.4, 0.5) is 0 Å². The van der Waals surface area contributed by atoms with Crippen molar-refractivity contribution in [3.05, 3.63) is 106 Å². The zero-order valence-electron chi connectivity index (χ0n) is 14.7. The van der Waals surface area contributed by atoms with Crippen molar-refractivity contribution in [3.63, 3.8) is 0 Å². The van der Waals surface area contributed by atoms with Gasteiger partial charge in [-0.1, -0.05) is 82.7 Å². The molecule has 0 unspecified atom stereocenters. The SMILES string of the molecule is O[C@]1(c2ccccc2)C2=NCCN2[C@@H](c2ccc(Br)cc2)c2ccccc21. The lowest BCUT2D eigenvalue weighted by Gasteiger charge is -2.45. The van der Waals surface area contributed by atoms with Gasteiger partial charge in [-0.15, -0.1) is 0 Å². The van der Waals surface area contributed by atoms with Crippen molar-refractivity contribution >= 4 is 21.8 Å². The van der Waals surface area contributed by atoms with Crippen LogP contribution in [0.25, 0.3) is 0 Å². The van der Waals surface area contributed by atoms with Crippen molar-refractivity contribution < 1.29 is 5.11 Å². The smallest absolute Gasteiger partial charge is 0.172 e. The van der Waals surface area contributed by atoms with Crippen LogP contribution in [0.2, 0.25) is 0 Å². The Labute approximate surface area is 167 Å². The third kappa shape index (κ3) is 2.47. The fraction of sp³-hybridized carbons (Fsp3) is 0.174. The molecule has 1 N–H and O–H groups in total. The molecule has 0 amide bonds. The standard InChI is InChI=1S/C23H19BrN2O/c24-18-12-10-16(11-13-18)21-19-8-4-5-9-20(19)23(27,17-6-2-1-3-7-17)22-25-14-15-26(21)22/h1-13,21,27H,14-15H2/t21-,23-/m0/s1. The monoisotopic (exact) mass is 418 g/mol. The van der Waals surface area contributed by atoms with Gasteiger partial charge in [0.25, 0.3) is 0 Å². The van der Waals surface area contributed by atoms with Gasteiger partial charge in [-0.05, 0) is 28.8 Å². The van der Waals surface area contributed by atoms with Gasteiger partial charge in [-0.3, -0.25) is 4.99 Å². The molecule has 0 saturated heterocycles. The summed E-state index contributed by atoms with van der Waals surface area (Å²) in [5.41, 5.74) is 2.89. The normalized spacial score (nSPS) is 23.6. The Kier molecular flexibility index (Phi) is 3.92. The van der Waals surface area contributed by atoms with E-state index in [4.69, 9.17) is 4.99 Å². The molecule has 27 heavy (non-hydrogen) atoms. The van der Waals surface area contributed by atoms with E-state index in [1.54, 1.807) is 0 Å². The summed E-state index contributed by atoms with van der Waals surface area (Å²) in [6.45, 7) is 1.50. The number of hydrogen-bond acceptors (Lipinski definition) is 3. The predicted molar refractivity (Wildman–Crippen MR) is 111 cm³/mol. The first-order valence-electron chi connectivity index (χ1n) is 9.14. The molecule has 0 saturated carbocycles. The molecular weight excluding hydrogens is 400 g/mol. The molecule has 0 aliphatic carbocycles. The molecule has 5 rings (SSSR count). The van der Waals surface area contributed by atoms with Crippen molar-refractivity contribution in [1.29, 1.82) is 0 Å². The molecule has 4 heteroatoms. The number of benzene rings is 3. The van der Waals surface area contributed by atoms with Gasteiger partial charge in [0.2, 0.25) is 0 Å². The topological polar surface area (TPSA) is 35.8 Å². The van der Waals surface area contributed by atoms with Crippen LogP contribution >= 0.6 is 15.9 Å². The van der Waals surface area contributed by atoms with Gasteiger partial charge < -0.3 is 10.0 Å². The molecule has 2 aliphatic rings. The van der Waals surface area contributed by atoms with Gasteiger partial charge in [0.15, 0.2) is 5.60 Å². The quantitative estimate of drug-likeness (QED) is 0.664. The van der Waals surface area contributed by atoms with Gasteiger partial charge in [-0.25, -0.2) is 0 Å². The zero-order chi connectivity index (χ0) is 18.4. The molecule has 0 aromatic heterocycles. The second-order valence-corrected chi connectivity index (χ2v) is 7.93. The Bertz CT molecular complexity index is 1020. The van der Waals surface area contributed by atoms with Crippen molar-refractivity contribution in [2.75, 3.05) is 13.1 Å². The van der Waals surface area contributed by atoms with Gasteiger partial charge in [-0.2, -0.15) is 0 Å². The summed E-state index contributed by atoms with van der Waals surface area (Å²) in [6.07, 6.45) is 0. The van der Waals surface area contributed by atoms with E-state index in [1.807, 2.05) is 48.5 Å². The lowest BCUT2D eigenvalue weighted by atomic mass is 9.75. The van der Waals surface area contributed by atoms with Crippen molar-refractivity contribution in [1.82, 2.24) is 4.90 Å². The second-order valence-electron chi connectivity index (χ2n) is 7.02. The maximum Gasteiger partial charge on any atom is 0.172 e. The van der Waals surface area contributed by atoms with E-state index >= 15 is 0 Å². The van der Waals surface area contributed by atoms with Crippen LogP contribution in [-0.4, -0.2) is 28.9 Å². The van der Waals surface area contributed by atoms with Crippen molar-refractivity contribution in [2.45, 2.75) is 11.6 Å². The van der Waals surface area contributed by atoms with Gasteiger partial charge in [0.05, 0.1) is 12.6 Å². The van der Waals surface area contributed by atoms with E-state index in [2.05, 4.69) is 51.2 Å². The molecule has 0 radical (unpaired) electrons. The van der Waals surface area contributed by atoms with Crippen molar-refractivity contribution in [2.24, 2.45) is 4.99 Å². The molecule has 0 fully saturated rings. The number of fused-ring (bicyclic) bond motifs is 2. The number of halogens is 1. The summed E-state index contributed by atoms with van der Waals surface area (Å²) in [5, 5.41) is 12.0. The van der Waals surface area contributed by atoms with Crippen LogP contribution in [0, 0.1) is 0 Å². The van der Waals surface area contributed by atoms with Crippen molar-refractivity contribution in [3.8, 4) is 0 Å². The molecule has 0 spiro atoms. The number of nitrogens with zero attached hydrogens (tertiary/aromatic N) is 2. The van der Waals surface area contributed by atoms with E-state index in [1.165, 1.54) is 5.56 Å². The van der Waals surface area contributed by atoms with E-state index in [9.17, 15) is 5.11 Å². The lowest BCUT2D eigenvalue weighted by molar-refractivity contribution is 0.124. The van der Waals surface area contributed by atoms with E-state index in [-0.39, 0.29) is 6.04 Å². The summed E-state index contributed by atoms with van der Waals surface area (Å²) in [7, 11) is 0. The molecule has 3 nitrogen and oxygen atoms in total. The molecule has 2 heterocycles. The summed E-state index contributed by atoms with van der Waals surface area (Å²) in [6, 6.07) is 26.6. The van der Waals surface area contributed by atoms with Crippen LogP contribution < -0.4 is 0 Å². The second kappa shape index (κ2) is 6.32. The average Bonchev–Trinajstić information content (AvgIpc) is 3.20. The number of aliphatic hydroxyl groups is 1. The van der Waals surface area contributed by atoms with E-state index in [0.29, 0.717) is 6.54 Å². The highest BCUT2D eigenvalue weighted by atomic mass is 79.9. The predicted octanol–water partition coefficient (Wildman–Crippen LogP) is 4.50. The van der Waals surface area contributed by atoms with Crippen LogP contribution in [0.3, 0.4) is 0 Å². The average molecular weight is 419 g/mol. The fourth-order valence-electron chi connectivity index (χ4n) is 4.36. The Morgan fingerprint density at radius 2 is 1.63 bits per heavy atom. The Balaban J connectivity index is 1.77. The van der Waals surface area contributed by atoms with Gasteiger partial charge in [0.1, 0.15) is 5.84 Å². The highest BCUT2D eigenvalue weighted by molar-refractivity contribution is 9.10. The van der Waals surface area contributed by atoms with Gasteiger partial charge in [0, 0.05) is 16.6 Å². The lowest BCUT2D eigenvalue weighted by Crippen LogP contribution is -2.52. The van der Waals surface area contributed by atoms with Crippen LogP contribution in [-0.2, 0) is 5.60 Å². The Morgan fingerprint density at radius 1 is 0.926 bits per heavy atom. The number of rotatable bonds is 2. The molecule has 2 aliphatic heterocycles. The van der Waals surface area contributed by atoms with Gasteiger partial charge >= 0.3 is 0 Å². The molecule has 134 valence electrons. The third-order valence-corrected chi connectivity index (χ3v) is 6.06. The molecule has 3 aromatic rings. The zero-order valence-corrected chi connectivity index (χ0v) is 16.3. The summed E-state index contributed by atoms with van der Waals surface area (Å²) in [4.78, 5) is 7.03.